The van der Waals surface area contributed by atoms with Crippen LogP contribution in [-0.2, 0) is 11.3 Å². The molecule has 0 fully saturated rings. The average Bonchev–Trinajstić information content (AvgIpc) is 3.04. The molecule has 2 amide bonds. The highest BCUT2D eigenvalue weighted by atomic mass is 32.1. The molecule has 24 heavy (non-hydrogen) atoms. The highest BCUT2D eigenvalue weighted by molar-refractivity contribution is 7.13. The number of anilines is 1. The fraction of sp³-hybridized carbons (Fsp3) is 0.375. The standard InChI is InChI=1S/C16H20N4O3S/c1-3-4-8-17-14(21)11-6-5-7-12(9-11)18-15(22)16-20-19-13(24-16)10-23-2/h5-7,9H,3-4,8,10H2,1-2H3,(H,17,21)(H,18,22). The molecule has 1 aromatic carbocycles. The van der Waals surface area contributed by atoms with Crippen LogP contribution in [0.5, 0.6) is 0 Å². The van der Waals surface area contributed by atoms with Gasteiger partial charge in [0.25, 0.3) is 11.8 Å². The molecule has 0 saturated carbocycles. The van der Waals surface area contributed by atoms with Crippen LogP contribution in [0.15, 0.2) is 24.3 Å². The molecule has 0 unspecified atom stereocenters. The van der Waals surface area contributed by atoms with E-state index in [4.69, 9.17) is 4.74 Å². The number of unbranched alkanes of at least 4 members (excludes halogenated alkanes) is 1. The summed E-state index contributed by atoms with van der Waals surface area (Å²) in [5.74, 6) is -0.517. The average molecular weight is 348 g/mol. The van der Waals surface area contributed by atoms with E-state index in [0.717, 1.165) is 12.8 Å². The Bertz CT molecular complexity index is 702. The van der Waals surface area contributed by atoms with Crippen LogP contribution in [0.4, 0.5) is 5.69 Å². The first-order valence-corrected chi connectivity index (χ1v) is 8.46. The molecule has 2 N–H and O–H groups in total. The number of methoxy groups -OCH3 is 1. The Labute approximate surface area is 144 Å². The van der Waals surface area contributed by atoms with Crippen molar-refractivity contribution in [3.05, 3.63) is 39.8 Å². The number of amides is 2. The summed E-state index contributed by atoms with van der Waals surface area (Å²) in [6.45, 7) is 3.02. The molecular weight excluding hydrogens is 328 g/mol. The Morgan fingerprint density at radius 1 is 1.25 bits per heavy atom. The predicted octanol–water partition coefficient (Wildman–Crippen LogP) is 2.47. The molecule has 0 aliphatic heterocycles. The zero-order chi connectivity index (χ0) is 17.4. The van der Waals surface area contributed by atoms with Gasteiger partial charge in [0.15, 0.2) is 0 Å². The monoisotopic (exact) mass is 348 g/mol. The van der Waals surface area contributed by atoms with Gasteiger partial charge in [0.05, 0.1) is 6.61 Å². The lowest BCUT2D eigenvalue weighted by Crippen LogP contribution is -2.24. The molecule has 0 aliphatic rings. The van der Waals surface area contributed by atoms with Crippen LogP contribution in [-0.4, -0.2) is 35.7 Å². The molecule has 1 aromatic heterocycles. The molecule has 0 saturated heterocycles. The first-order chi connectivity index (χ1) is 11.6. The number of carbonyl (C=O) groups excluding carboxylic acids is 2. The van der Waals surface area contributed by atoms with E-state index in [1.54, 1.807) is 31.4 Å². The summed E-state index contributed by atoms with van der Waals surface area (Å²) in [6, 6.07) is 6.79. The summed E-state index contributed by atoms with van der Waals surface area (Å²) in [4.78, 5) is 24.2. The summed E-state index contributed by atoms with van der Waals surface area (Å²) in [7, 11) is 1.55. The van der Waals surface area contributed by atoms with E-state index in [1.165, 1.54) is 11.3 Å². The highest BCUT2D eigenvalue weighted by Gasteiger charge is 2.14. The van der Waals surface area contributed by atoms with Crippen LogP contribution >= 0.6 is 11.3 Å². The van der Waals surface area contributed by atoms with Gasteiger partial charge in [0.2, 0.25) is 5.01 Å². The third kappa shape index (κ3) is 5.10. The number of benzene rings is 1. The maximum absolute atomic E-state index is 12.2. The van der Waals surface area contributed by atoms with Gasteiger partial charge in [-0.15, -0.1) is 10.2 Å². The van der Waals surface area contributed by atoms with Gasteiger partial charge in [-0.3, -0.25) is 9.59 Å². The number of hydrogen-bond donors (Lipinski definition) is 2. The van der Waals surface area contributed by atoms with Gasteiger partial charge in [-0.2, -0.15) is 0 Å². The van der Waals surface area contributed by atoms with Gasteiger partial charge >= 0.3 is 0 Å². The van der Waals surface area contributed by atoms with E-state index >= 15 is 0 Å². The molecule has 128 valence electrons. The minimum atomic E-state index is -0.363. The van der Waals surface area contributed by atoms with Crippen LogP contribution in [0, 0.1) is 0 Å². The SMILES string of the molecule is CCCCNC(=O)c1cccc(NC(=O)c2nnc(COC)s2)c1. The van der Waals surface area contributed by atoms with Crippen molar-refractivity contribution in [1.82, 2.24) is 15.5 Å². The van der Waals surface area contributed by atoms with E-state index in [9.17, 15) is 9.59 Å². The number of nitrogens with zero attached hydrogens (tertiary/aromatic N) is 2. The van der Waals surface area contributed by atoms with Crippen molar-refractivity contribution < 1.29 is 14.3 Å². The molecule has 0 radical (unpaired) electrons. The molecule has 2 aromatic rings. The second kappa shape index (κ2) is 9.09. The zero-order valence-electron chi connectivity index (χ0n) is 13.7. The van der Waals surface area contributed by atoms with E-state index in [2.05, 4.69) is 27.8 Å². The molecular formula is C16H20N4O3S. The molecule has 1 heterocycles. The lowest BCUT2D eigenvalue weighted by Gasteiger charge is -2.07. The van der Waals surface area contributed by atoms with Gasteiger partial charge in [0, 0.05) is 24.9 Å². The third-order valence-corrected chi connectivity index (χ3v) is 4.02. The Hall–Kier alpha value is -2.32. The second-order valence-electron chi connectivity index (χ2n) is 5.08. The summed E-state index contributed by atoms with van der Waals surface area (Å²) in [5, 5.41) is 14.2. The number of rotatable bonds is 8. The van der Waals surface area contributed by atoms with E-state index in [-0.39, 0.29) is 16.8 Å². The van der Waals surface area contributed by atoms with Crippen molar-refractivity contribution in [1.29, 1.82) is 0 Å². The van der Waals surface area contributed by atoms with Crippen LogP contribution in [0.2, 0.25) is 0 Å². The van der Waals surface area contributed by atoms with Crippen LogP contribution in [0.25, 0.3) is 0 Å². The smallest absolute Gasteiger partial charge is 0.286 e. The fourth-order valence-electron chi connectivity index (χ4n) is 1.93. The predicted molar refractivity (Wildman–Crippen MR) is 92.3 cm³/mol. The highest BCUT2D eigenvalue weighted by Crippen LogP contribution is 2.15. The van der Waals surface area contributed by atoms with Crippen molar-refractivity contribution in [2.24, 2.45) is 0 Å². The summed E-state index contributed by atoms with van der Waals surface area (Å²) in [5.41, 5.74) is 1.04. The van der Waals surface area contributed by atoms with Crippen LogP contribution in [0.3, 0.4) is 0 Å². The first kappa shape index (κ1) is 18.0. The molecule has 0 aliphatic carbocycles. The van der Waals surface area contributed by atoms with Crippen LogP contribution in [0.1, 0.15) is 44.9 Å². The van der Waals surface area contributed by atoms with Crippen LogP contribution < -0.4 is 10.6 Å². The Morgan fingerprint density at radius 2 is 2.08 bits per heavy atom. The van der Waals surface area contributed by atoms with Crippen molar-refractivity contribution in [3.8, 4) is 0 Å². The molecule has 8 heteroatoms. The first-order valence-electron chi connectivity index (χ1n) is 7.65. The number of nitrogens with one attached hydrogen (secondary N) is 2. The quantitative estimate of drug-likeness (QED) is 0.715. The molecule has 0 spiro atoms. The fourth-order valence-corrected chi connectivity index (χ4v) is 2.64. The topological polar surface area (TPSA) is 93.2 Å². The van der Waals surface area contributed by atoms with Gasteiger partial charge in [-0.1, -0.05) is 30.7 Å². The molecule has 2 rings (SSSR count). The number of ether oxygens (including phenoxy) is 1. The van der Waals surface area contributed by atoms with E-state index in [0.29, 0.717) is 29.4 Å². The lowest BCUT2D eigenvalue weighted by molar-refractivity contribution is 0.0951. The number of carbonyl (C=O) groups is 2. The minimum Gasteiger partial charge on any atom is -0.377 e. The molecule has 0 bridgehead atoms. The summed E-state index contributed by atoms with van der Waals surface area (Å²) < 4.78 is 4.95. The van der Waals surface area contributed by atoms with Crippen molar-refractivity contribution in [3.63, 3.8) is 0 Å². The molecule has 7 nitrogen and oxygen atoms in total. The summed E-state index contributed by atoms with van der Waals surface area (Å²) in [6.07, 6.45) is 1.95. The van der Waals surface area contributed by atoms with Gasteiger partial charge in [-0.05, 0) is 24.6 Å². The largest absolute Gasteiger partial charge is 0.377 e. The van der Waals surface area contributed by atoms with Gasteiger partial charge < -0.3 is 15.4 Å². The maximum atomic E-state index is 12.2. The Kier molecular flexibility index (Phi) is 6.83. The third-order valence-electron chi connectivity index (χ3n) is 3.13. The maximum Gasteiger partial charge on any atom is 0.286 e. The summed E-state index contributed by atoms with van der Waals surface area (Å²) >= 11 is 1.17. The number of aromatic nitrogens is 2. The van der Waals surface area contributed by atoms with Gasteiger partial charge in [0.1, 0.15) is 5.01 Å². The molecule has 0 atom stereocenters. The lowest BCUT2D eigenvalue weighted by atomic mass is 10.2. The van der Waals surface area contributed by atoms with Crippen molar-refractivity contribution in [2.45, 2.75) is 26.4 Å². The normalized spacial score (nSPS) is 10.4. The van der Waals surface area contributed by atoms with Gasteiger partial charge in [-0.25, -0.2) is 0 Å². The van der Waals surface area contributed by atoms with E-state index < -0.39 is 0 Å². The second-order valence-corrected chi connectivity index (χ2v) is 6.14. The zero-order valence-corrected chi connectivity index (χ0v) is 14.5. The Morgan fingerprint density at radius 3 is 2.83 bits per heavy atom. The van der Waals surface area contributed by atoms with Crippen molar-refractivity contribution in [2.75, 3.05) is 19.0 Å². The Balaban J connectivity index is 2.00. The van der Waals surface area contributed by atoms with Crippen molar-refractivity contribution >= 4 is 28.8 Å². The minimum absolute atomic E-state index is 0.155. The number of hydrogen-bond acceptors (Lipinski definition) is 6. The van der Waals surface area contributed by atoms with E-state index in [1.807, 2.05) is 0 Å².